The molecule has 26 heavy (non-hydrogen) atoms. The summed E-state index contributed by atoms with van der Waals surface area (Å²) in [5.74, 6) is 0.369. The van der Waals surface area contributed by atoms with Crippen LogP contribution in [0.15, 0.2) is 59.5 Å². The van der Waals surface area contributed by atoms with Crippen molar-refractivity contribution in [2.24, 2.45) is 0 Å². The molecule has 3 nitrogen and oxygen atoms in total. The van der Waals surface area contributed by atoms with E-state index in [0.717, 1.165) is 27.8 Å². The first-order valence-electron chi connectivity index (χ1n) is 8.77. The molecular formula is C22H24O3S. The lowest BCUT2D eigenvalue weighted by atomic mass is 10.0. The van der Waals surface area contributed by atoms with Crippen molar-refractivity contribution in [3.63, 3.8) is 0 Å². The summed E-state index contributed by atoms with van der Waals surface area (Å²) in [6.07, 6.45) is 0. The highest BCUT2D eigenvalue weighted by atomic mass is 32.2. The van der Waals surface area contributed by atoms with E-state index in [9.17, 15) is 8.42 Å². The van der Waals surface area contributed by atoms with Crippen LogP contribution in [0.4, 0.5) is 0 Å². The molecule has 0 radical (unpaired) electrons. The molecule has 0 spiro atoms. The van der Waals surface area contributed by atoms with Crippen LogP contribution in [-0.2, 0) is 20.9 Å². The predicted molar refractivity (Wildman–Crippen MR) is 105 cm³/mol. The molecule has 0 unspecified atom stereocenters. The zero-order chi connectivity index (χ0) is 18.9. The summed E-state index contributed by atoms with van der Waals surface area (Å²) in [6.45, 7) is 8.19. The van der Waals surface area contributed by atoms with Crippen molar-refractivity contribution < 1.29 is 12.6 Å². The maximum Gasteiger partial charge on any atom is 0.297 e. The Hall–Kier alpha value is -2.17. The average Bonchev–Trinajstić information content (AvgIpc) is 2.84. The summed E-state index contributed by atoms with van der Waals surface area (Å²) in [5, 5.41) is 0. The van der Waals surface area contributed by atoms with Gasteiger partial charge in [0.2, 0.25) is 0 Å². The molecule has 0 atom stereocenters. The van der Waals surface area contributed by atoms with Crippen LogP contribution in [0.2, 0.25) is 0 Å². The first-order chi connectivity index (χ1) is 12.3. The zero-order valence-corrected chi connectivity index (χ0v) is 16.4. The Balaban J connectivity index is 2.03. The van der Waals surface area contributed by atoms with Gasteiger partial charge in [-0.15, -0.1) is 0 Å². The van der Waals surface area contributed by atoms with Gasteiger partial charge in [-0.05, 0) is 53.6 Å². The second kappa shape index (κ2) is 7.22. The van der Waals surface area contributed by atoms with E-state index in [2.05, 4.69) is 26.0 Å². The van der Waals surface area contributed by atoms with Gasteiger partial charge >= 0.3 is 0 Å². The van der Waals surface area contributed by atoms with Crippen molar-refractivity contribution in [3.8, 4) is 11.1 Å². The second-order valence-electron chi connectivity index (χ2n) is 7.00. The highest BCUT2D eigenvalue weighted by Crippen LogP contribution is 2.39. The van der Waals surface area contributed by atoms with E-state index >= 15 is 0 Å². The zero-order valence-electron chi connectivity index (χ0n) is 15.6. The Bertz CT molecular complexity index is 989. The summed E-state index contributed by atoms with van der Waals surface area (Å²) in [4.78, 5) is 0.254. The molecule has 0 N–H and O–H groups in total. The number of benzene rings is 1. The first-order valence-corrected chi connectivity index (χ1v) is 10.2. The van der Waals surface area contributed by atoms with Crippen molar-refractivity contribution >= 4 is 10.1 Å². The van der Waals surface area contributed by atoms with Gasteiger partial charge in [0.25, 0.3) is 10.1 Å². The van der Waals surface area contributed by atoms with E-state index in [-0.39, 0.29) is 11.5 Å². The number of rotatable bonds is 5. The van der Waals surface area contributed by atoms with Crippen LogP contribution in [0.3, 0.4) is 0 Å². The first kappa shape index (κ1) is 18.6. The van der Waals surface area contributed by atoms with Crippen LogP contribution < -0.4 is 0 Å². The highest BCUT2D eigenvalue weighted by Gasteiger charge is 2.26. The highest BCUT2D eigenvalue weighted by molar-refractivity contribution is 7.87. The molecule has 0 fully saturated rings. The fourth-order valence-corrected chi connectivity index (χ4v) is 4.39. The largest absolute Gasteiger partial charge is 0.297 e. The van der Waals surface area contributed by atoms with Crippen molar-refractivity contribution in [1.29, 1.82) is 0 Å². The molecule has 0 bridgehead atoms. The number of fused-ring (bicyclic) bond motifs is 1. The lowest BCUT2D eigenvalue weighted by Crippen LogP contribution is -2.06. The minimum absolute atomic E-state index is 0.0319. The van der Waals surface area contributed by atoms with Gasteiger partial charge in [-0.25, -0.2) is 0 Å². The second-order valence-corrected chi connectivity index (χ2v) is 8.58. The lowest BCUT2D eigenvalue weighted by Gasteiger charge is -2.08. The Morgan fingerprint density at radius 1 is 0.923 bits per heavy atom. The van der Waals surface area contributed by atoms with Crippen LogP contribution in [0, 0.1) is 13.8 Å². The van der Waals surface area contributed by atoms with Crippen molar-refractivity contribution in [3.05, 3.63) is 76.9 Å². The number of aryl methyl sites for hydroxylation is 2. The molecule has 1 aromatic carbocycles. The minimum Gasteiger partial charge on any atom is -0.262 e. The van der Waals surface area contributed by atoms with Gasteiger partial charge < -0.3 is 0 Å². The lowest BCUT2D eigenvalue weighted by molar-refractivity contribution is 0.308. The standard InChI is InChI=1S/C22H24O3S/c1-15(2)19-11-10-16(3)22-20(13-19)17(4)12-21(22)26(23,24)25-14-18-8-6-5-7-9-18/h5-13,15H,14H2,1-4H3. The van der Waals surface area contributed by atoms with Gasteiger partial charge in [0.1, 0.15) is 4.90 Å². The van der Waals surface area contributed by atoms with Crippen molar-refractivity contribution in [2.75, 3.05) is 0 Å². The molecule has 0 saturated carbocycles. The van der Waals surface area contributed by atoms with Crippen LogP contribution >= 0.6 is 0 Å². The van der Waals surface area contributed by atoms with Gasteiger partial charge in [-0.3, -0.25) is 4.18 Å². The Morgan fingerprint density at radius 2 is 1.62 bits per heavy atom. The molecule has 1 aromatic rings. The van der Waals surface area contributed by atoms with E-state index in [4.69, 9.17) is 4.18 Å². The molecule has 2 aliphatic carbocycles. The summed E-state index contributed by atoms with van der Waals surface area (Å²) in [6, 6.07) is 17.2. The van der Waals surface area contributed by atoms with E-state index < -0.39 is 10.1 Å². The third kappa shape index (κ3) is 3.67. The van der Waals surface area contributed by atoms with Gasteiger partial charge in [-0.2, -0.15) is 8.42 Å². The average molecular weight is 368 g/mol. The van der Waals surface area contributed by atoms with E-state index in [0.29, 0.717) is 5.92 Å². The maximum atomic E-state index is 12.9. The SMILES string of the molecule is Cc1cc(S(=O)(=O)OCc2ccccc2)c2c(C)ccc(C(C)C)cc1-2. The molecule has 0 saturated heterocycles. The predicted octanol–water partition coefficient (Wildman–Crippen LogP) is 5.44. The molecule has 2 aliphatic rings. The fraction of sp³-hybridized carbons (Fsp3) is 0.273. The third-order valence-corrected chi connectivity index (χ3v) is 5.97. The monoisotopic (exact) mass is 368 g/mol. The van der Waals surface area contributed by atoms with Crippen molar-refractivity contribution in [1.82, 2.24) is 0 Å². The van der Waals surface area contributed by atoms with E-state index in [1.807, 2.05) is 50.2 Å². The van der Waals surface area contributed by atoms with Crippen LogP contribution in [-0.4, -0.2) is 8.42 Å². The van der Waals surface area contributed by atoms with Gasteiger partial charge in [-0.1, -0.05) is 62.4 Å². The Kier molecular flexibility index (Phi) is 5.17. The Morgan fingerprint density at radius 3 is 2.27 bits per heavy atom. The molecular weight excluding hydrogens is 344 g/mol. The van der Waals surface area contributed by atoms with Gasteiger partial charge in [0.15, 0.2) is 0 Å². The summed E-state index contributed by atoms with van der Waals surface area (Å²) in [7, 11) is -3.85. The van der Waals surface area contributed by atoms with Gasteiger partial charge in [0.05, 0.1) is 6.61 Å². The quantitative estimate of drug-likeness (QED) is 0.563. The minimum atomic E-state index is -3.85. The molecule has 0 heterocycles. The van der Waals surface area contributed by atoms with E-state index in [1.54, 1.807) is 6.07 Å². The van der Waals surface area contributed by atoms with Crippen LogP contribution in [0.25, 0.3) is 11.1 Å². The maximum absolute atomic E-state index is 12.9. The summed E-state index contributed by atoms with van der Waals surface area (Å²) < 4.78 is 31.1. The summed E-state index contributed by atoms with van der Waals surface area (Å²) >= 11 is 0. The molecule has 136 valence electrons. The molecule has 0 aromatic heterocycles. The molecule has 4 heteroatoms. The normalized spacial score (nSPS) is 12.0. The van der Waals surface area contributed by atoms with Gasteiger partial charge in [0, 0.05) is 5.56 Å². The fourth-order valence-electron chi connectivity index (χ4n) is 3.13. The molecule has 0 aliphatic heterocycles. The van der Waals surface area contributed by atoms with Crippen LogP contribution in [0.1, 0.15) is 42.0 Å². The van der Waals surface area contributed by atoms with Crippen LogP contribution in [0.5, 0.6) is 0 Å². The Labute approximate surface area is 156 Å². The smallest absolute Gasteiger partial charge is 0.262 e. The molecule has 3 rings (SSSR count). The number of hydrogen-bond acceptors (Lipinski definition) is 3. The number of hydrogen-bond donors (Lipinski definition) is 0. The van der Waals surface area contributed by atoms with Crippen molar-refractivity contribution in [2.45, 2.75) is 45.1 Å². The van der Waals surface area contributed by atoms with E-state index in [1.165, 1.54) is 5.56 Å². The summed E-state index contributed by atoms with van der Waals surface area (Å²) in [5.41, 5.74) is 5.62. The topological polar surface area (TPSA) is 43.4 Å². The third-order valence-electron chi connectivity index (χ3n) is 4.68. The molecule has 0 amide bonds.